The van der Waals surface area contributed by atoms with E-state index in [1.807, 2.05) is 6.92 Å². The number of carbonyl (C=O) groups excluding carboxylic acids is 1. The van der Waals surface area contributed by atoms with Crippen LogP contribution in [0.2, 0.25) is 0 Å². The zero-order chi connectivity index (χ0) is 13.4. The van der Waals surface area contributed by atoms with E-state index in [1.54, 1.807) is 0 Å². The van der Waals surface area contributed by atoms with E-state index in [0.717, 1.165) is 25.2 Å². The van der Waals surface area contributed by atoms with E-state index in [9.17, 15) is 4.79 Å². The first-order valence-electron chi connectivity index (χ1n) is 7.30. The van der Waals surface area contributed by atoms with Gasteiger partial charge in [0.05, 0.1) is 0 Å². The zero-order valence-corrected chi connectivity index (χ0v) is 11.7. The van der Waals surface area contributed by atoms with Crippen LogP contribution in [0.4, 0.5) is 4.79 Å². The summed E-state index contributed by atoms with van der Waals surface area (Å²) in [6, 6.07) is 0.290. The first-order chi connectivity index (χ1) is 8.65. The molecule has 0 aromatic rings. The number of aliphatic hydroxyl groups excluding tert-OH is 1. The summed E-state index contributed by atoms with van der Waals surface area (Å²) in [5.41, 5.74) is 0. The summed E-state index contributed by atoms with van der Waals surface area (Å²) in [6.45, 7) is 5.08. The fraction of sp³-hybridized carbons (Fsp3) is 0.929. The predicted molar refractivity (Wildman–Crippen MR) is 73.4 cm³/mol. The van der Waals surface area contributed by atoms with Crippen LogP contribution in [0.25, 0.3) is 0 Å². The molecule has 0 bridgehead atoms. The zero-order valence-electron chi connectivity index (χ0n) is 11.7. The Morgan fingerprint density at radius 3 is 2.89 bits per heavy atom. The Hall–Kier alpha value is -0.770. The summed E-state index contributed by atoms with van der Waals surface area (Å²) in [5.74, 6) is 1.10. The fourth-order valence-electron chi connectivity index (χ4n) is 2.62. The molecule has 106 valence electrons. The van der Waals surface area contributed by atoms with Crippen LogP contribution in [0.5, 0.6) is 0 Å². The molecule has 0 aromatic carbocycles. The predicted octanol–water partition coefficient (Wildman–Crippen LogP) is 2.27. The molecule has 1 saturated carbocycles. The highest BCUT2D eigenvalue weighted by Gasteiger charge is 2.21. The monoisotopic (exact) mass is 256 g/mol. The second kappa shape index (κ2) is 8.35. The van der Waals surface area contributed by atoms with Crippen molar-refractivity contribution in [2.45, 2.75) is 58.4 Å². The molecule has 0 spiro atoms. The molecule has 3 atom stereocenters. The van der Waals surface area contributed by atoms with Crippen molar-refractivity contribution < 1.29 is 9.90 Å². The summed E-state index contributed by atoms with van der Waals surface area (Å²) in [4.78, 5) is 11.7. The van der Waals surface area contributed by atoms with E-state index in [4.69, 9.17) is 5.11 Å². The summed E-state index contributed by atoms with van der Waals surface area (Å²) < 4.78 is 0. The van der Waals surface area contributed by atoms with Gasteiger partial charge in [0.25, 0.3) is 0 Å². The molecule has 0 aliphatic heterocycles. The first kappa shape index (κ1) is 15.3. The molecule has 1 aliphatic carbocycles. The molecule has 0 saturated heterocycles. The standard InChI is InChI=1S/C14H28N2O2/c1-3-12-5-4-6-13(9-12)16-14(18)15-10-11(2)7-8-17/h11-13,17H,3-10H2,1-2H3,(H2,15,16,18). The van der Waals surface area contributed by atoms with Crippen molar-refractivity contribution in [1.29, 1.82) is 0 Å². The fourth-order valence-corrected chi connectivity index (χ4v) is 2.62. The van der Waals surface area contributed by atoms with Crippen LogP contribution in [0.15, 0.2) is 0 Å². The molecule has 3 N–H and O–H groups in total. The molecule has 4 heteroatoms. The summed E-state index contributed by atoms with van der Waals surface area (Å²) in [6.07, 6.45) is 6.72. The normalized spacial score (nSPS) is 25.5. The quantitative estimate of drug-likeness (QED) is 0.682. The van der Waals surface area contributed by atoms with Gasteiger partial charge >= 0.3 is 6.03 Å². The number of hydrogen-bond acceptors (Lipinski definition) is 2. The number of nitrogens with one attached hydrogen (secondary N) is 2. The van der Waals surface area contributed by atoms with Crippen LogP contribution in [-0.2, 0) is 0 Å². The lowest BCUT2D eigenvalue weighted by Crippen LogP contribution is -2.45. The molecular formula is C14H28N2O2. The van der Waals surface area contributed by atoms with Crippen molar-refractivity contribution in [2.24, 2.45) is 11.8 Å². The van der Waals surface area contributed by atoms with Crippen molar-refractivity contribution in [1.82, 2.24) is 10.6 Å². The number of urea groups is 1. The van der Waals surface area contributed by atoms with Gasteiger partial charge in [0.2, 0.25) is 0 Å². The molecule has 18 heavy (non-hydrogen) atoms. The highest BCUT2D eigenvalue weighted by molar-refractivity contribution is 5.74. The molecular weight excluding hydrogens is 228 g/mol. The van der Waals surface area contributed by atoms with Gasteiger partial charge < -0.3 is 15.7 Å². The van der Waals surface area contributed by atoms with Gasteiger partial charge in [-0.15, -0.1) is 0 Å². The van der Waals surface area contributed by atoms with Crippen molar-refractivity contribution in [3.63, 3.8) is 0 Å². The van der Waals surface area contributed by atoms with Gasteiger partial charge in [-0.05, 0) is 31.1 Å². The maximum atomic E-state index is 11.7. The van der Waals surface area contributed by atoms with Gasteiger partial charge in [0.1, 0.15) is 0 Å². The minimum absolute atomic E-state index is 0.0541. The van der Waals surface area contributed by atoms with E-state index in [-0.39, 0.29) is 12.6 Å². The van der Waals surface area contributed by atoms with Crippen LogP contribution in [0.1, 0.15) is 52.4 Å². The lowest BCUT2D eigenvalue weighted by molar-refractivity contribution is 0.220. The Labute approximate surface area is 111 Å². The lowest BCUT2D eigenvalue weighted by atomic mass is 9.84. The second-order valence-electron chi connectivity index (χ2n) is 5.61. The van der Waals surface area contributed by atoms with Gasteiger partial charge in [0, 0.05) is 19.2 Å². The molecule has 2 amide bonds. The molecule has 0 radical (unpaired) electrons. The third kappa shape index (κ3) is 5.71. The van der Waals surface area contributed by atoms with Crippen molar-refractivity contribution in [2.75, 3.05) is 13.2 Å². The van der Waals surface area contributed by atoms with E-state index in [1.165, 1.54) is 19.3 Å². The van der Waals surface area contributed by atoms with Crippen LogP contribution < -0.4 is 10.6 Å². The van der Waals surface area contributed by atoms with Crippen molar-refractivity contribution in [3.05, 3.63) is 0 Å². The van der Waals surface area contributed by atoms with Crippen LogP contribution >= 0.6 is 0 Å². The van der Waals surface area contributed by atoms with E-state index in [2.05, 4.69) is 17.6 Å². The first-order valence-corrected chi connectivity index (χ1v) is 7.30. The average Bonchev–Trinajstić information content (AvgIpc) is 2.37. The van der Waals surface area contributed by atoms with Gasteiger partial charge in [0.15, 0.2) is 0 Å². The Morgan fingerprint density at radius 2 is 2.22 bits per heavy atom. The molecule has 1 rings (SSSR count). The molecule has 1 fully saturated rings. The van der Waals surface area contributed by atoms with Crippen molar-refractivity contribution >= 4 is 6.03 Å². The molecule has 3 unspecified atom stereocenters. The molecule has 1 aliphatic rings. The van der Waals surface area contributed by atoms with E-state index >= 15 is 0 Å². The Kier molecular flexibility index (Phi) is 7.09. The molecule has 0 heterocycles. The van der Waals surface area contributed by atoms with Crippen LogP contribution in [0.3, 0.4) is 0 Å². The minimum atomic E-state index is -0.0541. The van der Waals surface area contributed by atoms with Gasteiger partial charge in [-0.2, -0.15) is 0 Å². The number of amides is 2. The van der Waals surface area contributed by atoms with E-state index in [0.29, 0.717) is 18.5 Å². The number of carbonyl (C=O) groups is 1. The number of rotatable bonds is 6. The number of hydrogen-bond donors (Lipinski definition) is 3. The van der Waals surface area contributed by atoms with Crippen molar-refractivity contribution in [3.8, 4) is 0 Å². The third-order valence-electron chi connectivity index (χ3n) is 3.93. The Bertz CT molecular complexity index is 246. The maximum Gasteiger partial charge on any atom is 0.315 e. The van der Waals surface area contributed by atoms with E-state index < -0.39 is 0 Å². The molecule has 0 aromatic heterocycles. The minimum Gasteiger partial charge on any atom is -0.396 e. The van der Waals surface area contributed by atoms with Gasteiger partial charge in [-0.3, -0.25) is 0 Å². The molecule has 4 nitrogen and oxygen atoms in total. The van der Waals surface area contributed by atoms with Crippen LogP contribution in [0, 0.1) is 11.8 Å². The van der Waals surface area contributed by atoms with Crippen LogP contribution in [-0.4, -0.2) is 30.3 Å². The van der Waals surface area contributed by atoms with Gasteiger partial charge in [-0.25, -0.2) is 4.79 Å². The lowest BCUT2D eigenvalue weighted by Gasteiger charge is -2.29. The summed E-state index contributed by atoms with van der Waals surface area (Å²) >= 11 is 0. The highest BCUT2D eigenvalue weighted by atomic mass is 16.3. The average molecular weight is 256 g/mol. The summed E-state index contributed by atoms with van der Waals surface area (Å²) in [5, 5.41) is 14.7. The largest absolute Gasteiger partial charge is 0.396 e. The third-order valence-corrected chi connectivity index (χ3v) is 3.93. The number of aliphatic hydroxyl groups is 1. The topological polar surface area (TPSA) is 61.4 Å². The SMILES string of the molecule is CCC1CCCC(NC(=O)NCC(C)CCO)C1. The highest BCUT2D eigenvalue weighted by Crippen LogP contribution is 2.26. The maximum absolute atomic E-state index is 11.7. The smallest absolute Gasteiger partial charge is 0.315 e. The summed E-state index contributed by atoms with van der Waals surface area (Å²) in [7, 11) is 0. The van der Waals surface area contributed by atoms with Gasteiger partial charge in [-0.1, -0.05) is 33.1 Å². The Morgan fingerprint density at radius 1 is 1.44 bits per heavy atom. The second-order valence-corrected chi connectivity index (χ2v) is 5.61. The Balaban J connectivity index is 2.19.